The number of benzene rings is 1. The normalized spacial score (nSPS) is 16.8. The van der Waals surface area contributed by atoms with E-state index in [9.17, 15) is 17.2 Å². The van der Waals surface area contributed by atoms with Crippen molar-refractivity contribution in [3.05, 3.63) is 29.3 Å². The van der Waals surface area contributed by atoms with E-state index in [1.54, 1.807) is 0 Å². The highest BCUT2D eigenvalue weighted by Gasteiger charge is 2.29. The Balaban J connectivity index is 2.31. The van der Waals surface area contributed by atoms with E-state index < -0.39 is 26.6 Å². The standard InChI is InChI=1S/C14H20F2N2O2S/c1-18(9-10-4-2-3-5-10)21(19,20)13-7-11(8-17)6-12(15)14(13)16/h6-7,10H,2-5,8-9,17H2,1H3. The highest BCUT2D eigenvalue weighted by atomic mass is 32.2. The monoisotopic (exact) mass is 318 g/mol. The second kappa shape index (κ2) is 6.37. The highest BCUT2D eigenvalue weighted by molar-refractivity contribution is 7.89. The molecule has 0 atom stereocenters. The van der Waals surface area contributed by atoms with Crippen molar-refractivity contribution in [2.45, 2.75) is 37.1 Å². The van der Waals surface area contributed by atoms with Crippen LogP contribution in [-0.2, 0) is 16.6 Å². The Labute approximate surface area is 124 Å². The molecule has 0 unspecified atom stereocenters. The molecule has 2 rings (SSSR count). The largest absolute Gasteiger partial charge is 0.326 e. The highest BCUT2D eigenvalue weighted by Crippen LogP contribution is 2.28. The van der Waals surface area contributed by atoms with Gasteiger partial charge in [0.25, 0.3) is 0 Å². The predicted molar refractivity (Wildman–Crippen MR) is 76.0 cm³/mol. The van der Waals surface area contributed by atoms with Crippen LogP contribution in [0.1, 0.15) is 31.2 Å². The smallest absolute Gasteiger partial charge is 0.245 e. The quantitative estimate of drug-likeness (QED) is 0.905. The summed E-state index contributed by atoms with van der Waals surface area (Å²) in [7, 11) is -2.65. The number of sulfonamides is 1. The fourth-order valence-corrected chi connectivity index (χ4v) is 4.11. The van der Waals surface area contributed by atoms with Crippen LogP contribution in [0.25, 0.3) is 0 Å². The van der Waals surface area contributed by atoms with Gasteiger partial charge in [0.15, 0.2) is 11.6 Å². The predicted octanol–water partition coefficient (Wildman–Crippen LogP) is 2.23. The summed E-state index contributed by atoms with van der Waals surface area (Å²) >= 11 is 0. The topological polar surface area (TPSA) is 63.4 Å². The lowest BCUT2D eigenvalue weighted by molar-refractivity contribution is 0.383. The van der Waals surface area contributed by atoms with E-state index in [0.29, 0.717) is 6.54 Å². The number of nitrogens with two attached hydrogens (primary N) is 1. The lowest BCUT2D eigenvalue weighted by atomic mass is 10.1. The van der Waals surface area contributed by atoms with Gasteiger partial charge in [-0.1, -0.05) is 12.8 Å². The van der Waals surface area contributed by atoms with Crippen molar-refractivity contribution >= 4 is 10.0 Å². The minimum absolute atomic E-state index is 0.0495. The summed E-state index contributed by atoms with van der Waals surface area (Å²) < 4.78 is 53.4. The molecule has 21 heavy (non-hydrogen) atoms. The molecule has 1 aromatic carbocycles. The first kappa shape index (κ1) is 16.3. The second-order valence-electron chi connectivity index (χ2n) is 5.53. The van der Waals surface area contributed by atoms with Crippen LogP contribution in [0.5, 0.6) is 0 Å². The van der Waals surface area contributed by atoms with Crippen molar-refractivity contribution < 1.29 is 17.2 Å². The summed E-state index contributed by atoms with van der Waals surface area (Å²) in [6, 6.07) is 2.03. The van der Waals surface area contributed by atoms with Crippen LogP contribution >= 0.6 is 0 Å². The van der Waals surface area contributed by atoms with Crippen molar-refractivity contribution in [1.29, 1.82) is 0 Å². The number of halogens is 2. The Morgan fingerprint density at radius 3 is 2.48 bits per heavy atom. The van der Waals surface area contributed by atoms with E-state index in [2.05, 4.69) is 0 Å². The van der Waals surface area contributed by atoms with Gasteiger partial charge in [-0.3, -0.25) is 0 Å². The molecule has 1 fully saturated rings. The molecule has 0 amide bonds. The molecular weight excluding hydrogens is 298 g/mol. The molecule has 7 heteroatoms. The minimum Gasteiger partial charge on any atom is -0.326 e. The molecule has 118 valence electrons. The Morgan fingerprint density at radius 2 is 1.90 bits per heavy atom. The molecule has 0 spiro atoms. The van der Waals surface area contributed by atoms with Crippen LogP contribution in [-0.4, -0.2) is 26.3 Å². The van der Waals surface area contributed by atoms with E-state index in [1.807, 2.05) is 0 Å². The lowest BCUT2D eigenvalue weighted by Gasteiger charge is -2.21. The van der Waals surface area contributed by atoms with Gasteiger partial charge in [-0.25, -0.2) is 21.5 Å². The van der Waals surface area contributed by atoms with Crippen LogP contribution in [0.15, 0.2) is 17.0 Å². The van der Waals surface area contributed by atoms with Gasteiger partial charge >= 0.3 is 0 Å². The van der Waals surface area contributed by atoms with E-state index in [1.165, 1.54) is 7.05 Å². The first-order valence-corrected chi connectivity index (χ1v) is 8.44. The zero-order valence-corrected chi connectivity index (χ0v) is 12.8. The molecule has 0 aromatic heterocycles. The van der Waals surface area contributed by atoms with Crippen molar-refractivity contribution in [3.8, 4) is 0 Å². The van der Waals surface area contributed by atoms with Crippen LogP contribution in [0.4, 0.5) is 8.78 Å². The Morgan fingerprint density at radius 1 is 1.29 bits per heavy atom. The Kier molecular flexibility index (Phi) is 4.95. The minimum atomic E-state index is -4.05. The molecular formula is C14H20F2N2O2S. The molecule has 0 saturated heterocycles. The van der Waals surface area contributed by atoms with E-state index in [-0.39, 0.29) is 18.0 Å². The molecule has 4 nitrogen and oxygen atoms in total. The van der Waals surface area contributed by atoms with E-state index >= 15 is 0 Å². The maximum absolute atomic E-state index is 13.9. The third-order valence-corrected chi connectivity index (χ3v) is 5.79. The van der Waals surface area contributed by atoms with Crippen LogP contribution in [0.3, 0.4) is 0 Å². The zero-order chi connectivity index (χ0) is 15.6. The molecule has 0 radical (unpaired) electrons. The zero-order valence-electron chi connectivity index (χ0n) is 12.0. The molecule has 1 aromatic rings. The van der Waals surface area contributed by atoms with Crippen molar-refractivity contribution in [1.82, 2.24) is 4.31 Å². The molecule has 1 saturated carbocycles. The number of nitrogens with zero attached hydrogens (tertiary/aromatic N) is 1. The van der Waals surface area contributed by atoms with Crippen molar-refractivity contribution in [3.63, 3.8) is 0 Å². The summed E-state index contributed by atoms with van der Waals surface area (Å²) in [4.78, 5) is -0.636. The van der Waals surface area contributed by atoms with E-state index in [0.717, 1.165) is 42.1 Å². The summed E-state index contributed by atoms with van der Waals surface area (Å²) in [5, 5.41) is 0. The number of rotatable bonds is 5. The summed E-state index contributed by atoms with van der Waals surface area (Å²) in [6.07, 6.45) is 4.12. The Bertz CT molecular complexity index is 614. The van der Waals surface area contributed by atoms with Gasteiger partial charge < -0.3 is 5.73 Å². The molecule has 0 bridgehead atoms. The second-order valence-corrected chi connectivity index (χ2v) is 7.54. The maximum atomic E-state index is 13.9. The Hall–Kier alpha value is -1.05. The third-order valence-electron chi connectivity index (χ3n) is 3.97. The van der Waals surface area contributed by atoms with Crippen molar-refractivity contribution in [2.75, 3.05) is 13.6 Å². The molecule has 1 aliphatic rings. The average molecular weight is 318 g/mol. The summed E-state index contributed by atoms with van der Waals surface area (Å²) in [5.41, 5.74) is 5.64. The van der Waals surface area contributed by atoms with Crippen molar-refractivity contribution in [2.24, 2.45) is 11.7 Å². The maximum Gasteiger partial charge on any atom is 0.245 e. The summed E-state index contributed by atoms with van der Waals surface area (Å²) in [6.45, 7) is 0.280. The third kappa shape index (κ3) is 3.41. The number of hydrogen-bond acceptors (Lipinski definition) is 3. The van der Waals surface area contributed by atoms with Gasteiger partial charge in [0.2, 0.25) is 10.0 Å². The van der Waals surface area contributed by atoms with Crippen LogP contribution < -0.4 is 5.73 Å². The lowest BCUT2D eigenvalue weighted by Crippen LogP contribution is -2.32. The fourth-order valence-electron chi connectivity index (χ4n) is 2.75. The molecule has 2 N–H and O–H groups in total. The van der Waals surface area contributed by atoms with Crippen LogP contribution in [0.2, 0.25) is 0 Å². The van der Waals surface area contributed by atoms with Gasteiger partial charge in [-0.05, 0) is 36.5 Å². The van der Waals surface area contributed by atoms with Crippen LogP contribution in [0, 0.1) is 17.6 Å². The fraction of sp³-hybridized carbons (Fsp3) is 0.571. The first-order valence-electron chi connectivity index (χ1n) is 7.00. The molecule has 1 aliphatic carbocycles. The van der Waals surface area contributed by atoms with Gasteiger partial charge in [-0.2, -0.15) is 0 Å². The van der Waals surface area contributed by atoms with Gasteiger partial charge in [0, 0.05) is 20.1 Å². The first-order chi connectivity index (χ1) is 9.86. The van der Waals surface area contributed by atoms with Gasteiger partial charge in [0.05, 0.1) is 0 Å². The van der Waals surface area contributed by atoms with Gasteiger partial charge in [-0.15, -0.1) is 0 Å². The average Bonchev–Trinajstić information content (AvgIpc) is 2.94. The van der Waals surface area contributed by atoms with Gasteiger partial charge in [0.1, 0.15) is 4.90 Å². The summed E-state index contributed by atoms with van der Waals surface area (Å²) in [5.74, 6) is -2.24. The van der Waals surface area contributed by atoms with E-state index in [4.69, 9.17) is 5.73 Å². The number of hydrogen-bond donors (Lipinski definition) is 1. The molecule has 0 heterocycles. The molecule has 0 aliphatic heterocycles. The SMILES string of the molecule is CN(CC1CCCC1)S(=O)(=O)c1cc(CN)cc(F)c1F.